The molecule has 0 spiro atoms. The highest BCUT2D eigenvalue weighted by atomic mass is 16.2. The molecule has 1 aliphatic rings. The number of aryl methyl sites for hydroxylation is 1. The molecule has 1 aromatic carbocycles. The summed E-state index contributed by atoms with van der Waals surface area (Å²) in [6, 6.07) is 16.5. The molecule has 2 amide bonds. The maximum absolute atomic E-state index is 12.8. The summed E-state index contributed by atoms with van der Waals surface area (Å²) in [4.78, 5) is 14.7. The van der Waals surface area contributed by atoms with Crippen LogP contribution in [-0.2, 0) is 19.6 Å². The molecule has 6 heteroatoms. The smallest absolute Gasteiger partial charge is 0.318 e. The highest BCUT2D eigenvalue weighted by Crippen LogP contribution is 2.23. The lowest BCUT2D eigenvalue weighted by atomic mass is 10.2. The van der Waals surface area contributed by atoms with Gasteiger partial charge >= 0.3 is 6.03 Å². The predicted molar refractivity (Wildman–Crippen MR) is 104 cm³/mol. The Bertz CT molecular complexity index is 1130. The number of carbonyl (C=O) groups is 1. The van der Waals surface area contributed by atoms with Gasteiger partial charge in [0.05, 0.1) is 18.3 Å². The predicted octanol–water partition coefficient (Wildman–Crippen LogP) is 3.40. The van der Waals surface area contributed by atoms with Crippen LogP contribution in [0.2, 0.25) is 0 Å². The average Bonchev–Trinajstić information content (AvgIpc) is 3.20. The van der Waals surface area contributed by atoms with E-state index in [0.717, 1.165) is 30.6 Å². The average molecular weight is 359 g/mol. The summed E-state index contributed by atoms with van der Waals surface area (Å²) in [5.74, 6) is 0. The van der Waals surface area contributed by atoms with Crippen LogP contribution in [0.1, 0.15) is 17.7 Å². The number of rotatable bonds is 2. The number of nitrogens with one attached hydrogen (secondary N) is 1. The summed E-state index contributed by atoms with van der Waals surface area (Å²) in [6.07, 6.45) is 4.68. The molecule has 0 aliphatic carbocycles. The van der Waals surface area contributed by atoms with E-state index in [9.17, 15) is 4.79 Å². The normalized spacial score (nSPS) is 14.3. The molecule has 0 unspecified atom stereocenters. The second kappa shape index (κ2) is 6.46. The minimum Gasteiger partial charge on any atom is -0.343 e. The van der Waals surface area contributed by atoms with Gasteiger partial charge in [0.15, 0.2) is 0 Å². The van der Waals surface area contributed by atoms with Crippen LogP contribution in [-0.4, -0.2) is 31.7 Å². The van der Waals surface area contributed by atoms with Gasteiger partial charge in [-0.3, -0.25) is 0 Å². The number of pyridine rings is 1. The van der Waals surface area contributed by atoms with Crippen molar-refractivity contribution in [1.29, 1.82) is 0 Å². The van der Waals surface area contributed by atoms with Crippen molar-refractivity contribution in [2.24, 2.45) is 0 Å². The maximum atomic E-state index is 12.8. The molecule has 0 saturated heterocycles. The van der Waals surface area contributed by atoms with Crippen LogP contribution in [0.4, 0.5) is 4.79 Å². The molecule has 0 radical (unpaired) electrons. The van der Waals surface area contributed by atoms with E-state index in [-0.39, 0.29) is 6.03 Å². The summed E-state index contributed by atoms with van der Waals surface area (Å²) < 4.78 is 4.17. The molecular weight excluding hydrogens is 338 g/mol. The largest absolute Gasteiger partial charge is 0.343 e. The van der Waals surface area contributed by atoms with Crippen LogP contribution in [0.5, 0.6) is 0 Å². The Hall–Kier alpha value is -3.28. The maximum Gasteiger partial charge on any atom is 0.318 e. The second-order valence-corrected chi connectivity index (χ2v) is 6.98. The zero-order chi connectivity index (χ0) is 18.2. The van der Waals surface area contributed by atoms with Crippen molar-refractivity contribution in [1.82, 2.24) is 24.4 Å². The number of aromatic nitrogens is 3. The van der Waals surface area contributed by atoms with Gasteiger partial charge in [-0.1, -0.05) is 24.3 Å². The number of urea groups is 1. The van der Waals surface area contributed by atoms with E-state index in [1.54, 1.807) is 0 Å². The third-order valence-corrected chi connectivity index (χ3v) is 5.28. The fraction of sp³-hybridized carbons (Fsp3) is 0.238. The van der Waals surface area contributed by atoms with E-state index in [0.29, 0.717) is 13.1 Å². The number of carbonyl (C=O) groups excluding carboxylic acids is 1. The van der Waals surface area contributed by atoms with Crippen LogP contribution in [0.25, 0.3) is 16.4 Å². The van der Waals surface area contributed by atoms with E-state index in [2.05, 4.69) is 45.3 Å². The molecule has 0 fully saturated rings. The van der Waals surface area contributed by atoms with Gasteiger partial charge in [-0.15, -0.1) is 0 Å². The van der Waals surface area contributed by atoms with E-state index < -0.39 is 0 Å². The van der Waals surface area contributed by atoms with E-state index in [1.807, 2.05) is 40.0 Å². The Morgan fingerprint density at radius 3 is 2.89 bits per heavy atom. The molecule has 1 N–H and O–H groups in total. The molecule has 5 rings (SSSR count). The number of hydrogen-bond donors (Lipinski definition) is 1. The van der Waals surface area contributed by atoms with E-state index in [4.69, 9.17) is 0 Å². The van der Waals surface area contributed by atoms with Crippen molar-refractivity contribution in [3.8, 4) is 0 Å². The van der Waals surface area contributed by atoms with Gasteiger partial charge < -0.3 is 14.8 Å². The molecule has 27 heavy (non-hydrogen) atoms. The molecule has 0 atom stereocenters. The zero-order valence-electron chi connectivity index (χ0n) is 15.0. The third-order valence-electron chi connectivity index (χ3n) is 5.28. The molecule has 6 nitrogen and oxygen atoms in total. The highest BCUT2D eigenvalue weighted by Gasteiger charge is 2.20. The Labute approximate surface area is 157 Å². The summed E-state index contributed by atoms with van der Waals surface area (Å²) in [6.45, 7) is 2.82. The fourth-order valence-corrected chi connectivity index (χ4v) is 3.94. The quantitative estimate of drug-likeness (QED) is 0.596. The van der Waals surface area contributed by atoms with Crippen LogP contribution >= 0.6 is 0 Å². The molecule has 1 aliphatic heterocycles. The van der Waals surface area contributed by atoms with Crippen molar-refractivity contribution in [3.05, 3.63) is 72.2 Å². The number of benzene rings is 1. The van der Waals surface area contributed by atoms with Crippen molar-refractivity contribution in [3.63, 3.8) is 0 Å². The van der Waals surface area contributed by atoms with Gasteiger partial charge in [0, 0.05) is 42.6 Å². The molecule has 3 aromatic heterocycles. The highest BCUT2D eigenvalue weighted by molar-refractivity contribution is 5.82. The Balaban J connectivity index is 1.33. The summed E-state index contributed by atoms with van der Waals surface area (Å²) in [5, 5.41) is 8.63. The Kier molecular flexibility index (Phi) is 3.81. The van der Waals surface area contributed by atoms with Gasteiger partial charge in [0.2, 0.25) is 0 Å². The standard InChI is InChI=1S/C21H21N5O/c27-21(22-13-17-14-23-26-11-4-3-8-20(17)26)24-9-5-10-25-18(15-24)12-16-6-1-2-7-19(16)25/h1-4,6-8,11-12,14H,5,9-10,13,15H2,(H,22,27). The Morgan fingerprint density at radius 1 is 1.07 bits per heavy atom. The van der Waals surface area contributed by atoms with Gasteiger partial charge in [-0.2, -0.15) is 5.10 Å². The number of fused-ring (bicyclic) bond motifs is 4. The number of nitrogens with zero attached hydrogens (tertiary/aromatic N) is 4. The van der Waals surface area contributed by atoms with E-state index in [1.165, 1.54) is 16.6 Å². The number of para-hydroxylation sites is 1. The first-order valence-electron chi connectivity index (χ1n) is 9.31. The fourth-order valence-electron chi connectivity index (χ4n) is 3.94. The monoisotopic (exact) mass is 359 g/mol. The van der Waals surface area contributed by atoms with Gasteiger partial charge in [-0.25, -0.2) is 9.31 Å². The lowest BCUT2D eigenvalue weighted by molar-refractivity contribution is 0.195. The van der Waals surface area contributed by atoms with Crippen molar-refractivity contribution in [2.45, 2.75) is 26.1 Å². The summed E-state index contributed by atoms with van der Waals surface area (Å²) in [7, 11) is 0. The minimum atomic E-state index is -0.0241. The lowest BCUT2D eigenvalue weighted by Gasteiger charge is -2.20. The zero-order valence-corrected chi connectivity index (χ0v) is 15.0. The van der Waals surface area contributed by atoms with Crippen molar-refractivity contribution >= 4 is 22.5 Å². The first-order chi connectivity index (χ1) is 13.3. The molecule has 0 saturated carbocycles. The SMILES string of the molecule is O=C(NCc1cnn2ccccc12)N1CCCn2c(cc3ccccc32)C1. The van der Waals surface area contributed by atoms with Crippen LogP contribution in [0.15, 0.2) is 60.9 Å². The van der Waals surface area contributed by atoms with Crippen LogP contribution < -0.4 is 5.32 Å². The third kappa shape index (κ3) is 2.83. The van der Waals surface area contributed by atoms with Crippen LogP contribution in [0, 0.1) is 0 Å². The van der Waals surface area contributed by atoms with E-state index >= 15 is 0 Å². The summed E-state index contributed by atoms with van der Waals surface area (Å²) in [5.41, 5.74) is 4.49. The molecule has 4 aromatic rings. The first-order valence-corrected chi connectivity index (χ1v) is 9.31. The number of hydrogen-bond acceptors (Lipinski definition) is 2. The van der Waals surface area contributed by atoms with Crippen molar-refractivity contribution in [2.75, 3.05) is 6.54 Å². The van der Waals surface area contributed by atoms with Gasteiger partial charge in [-0.05, 0) is 36.1 Å². The minimum absolute atomic E-state index is 0.0241. The lowest BCUT2D eigenvalue weighted by Crippen LogP contribution is -2.39. The molecule has 136 valence electrons. The Morgan fingerprint density at radius 2 is 1.93 bits per heavy atom. The first kappa shape index (κ1) is 15.9. The second-order valence-electron chi connectivity index (χ2n) is 6.98. The number of amides is 2. The van der Waals surface area contributed by atoms with Gasteiger partial charge in [0.1, 0.15) is 0 Å². The van der Waals surface area contributed by atoms with Gasteiger partial charge in [0.25, 0.3) is 0 Å². The molecule has 0 bridgehead atoms. The topological polar surface area (TPSA) is 54.6 Å². The summed E-state index contributed by atoms with van der Waals surface area (Å²) >= 11 is 0. The molecule has 4 heterocycles. The van der Waals surface area contributed by atoms with Crippen LogP contribution in [0.3, 0.4) is 0 Å². The molecular formula is C21H21N5O. The van der Waals surface area contributed by atoms with Crippen molar-refractivity contribution < 1.29 is 4.79 Å².